The van der Waals surface area contributed by atoms with Crippen LogP contribution in [0.4, 0.5) is 0 Å². The van der Waals surface area contributed by atoms with Gasteiger partial charge in [-0.25, -0.2) is 0 Å². The smallest absolute Gasteiger partial charge is 0.237 e. The Kier molecular flexibility index (Phi) is 5.58. The Hall–Kier alpha value is -2.08. The van der Waals surface area contributed by atoms with Crippen molar-refractivity contribution in [2.75, 3.05) is 33.3 Å². The van der Waals surface area contributed by atoms with Crippen molar-refractivity contribution in [1.82, 2.24) is 15.1 Å². The van der Waals surface area contributed by atoms with Gasteiger partial charge in [0.05, 0.1) is 13.2 Å². The third kappa shape index (κ3) is 4.51. The van der Waals surface area contributed by atoms with Crippen LogP contribution in [0.25, 0.3) is 0 Å². The summed E-state index contributed by atoms with van der Waals surface area (Å²) in [6.45, 7) is 5.38. The Labute approximate surface area is 149 Å². The molecule has 1 heterocycles. The highest BCUT2D eigenvalue weighted by molar-refractivity contribution is 5.82. The second-order valence-corrected chi connectivity index (χ2v) is 6.88. The quantitative estimate of drug-likeness (QED) is 0.843. The summed E-state index contributed by atoms with van der Waals surface area (Å²) in [6.07, 6.45) is 2.09. The molecule has 25 heavy (non-hydrogen) atoms. The molecule has 1 aliphatic carbocycles. The predicted octanol–water partition coefficient (Wildman–Crippen LogP) is 1.25. The van der Waals surface area contributed by atoms with Gasteiger partial charge >= 0.3 is 0 Å². The highest BCUT2D eigenvalue weighted by atomic mass is 16.5. The zero-order chi connectivity index (χ0) is 17.8. The fourth-order valence-corrected chi connectivity index (χ4v) is 3.20. The SMILES string of the molecule is COc1cccc(CNC(=O)[C@H](C)N2CCN(C(=O)C3CC3)CC2)c1. The van der Waals surface area contributed by atoms with Gasteiger partial charge in [-0.3, -0.25) is 14.5 Å². The first-order chi connectivity index (χ1) is 12.1. The van der Waals surface area contributed by atoms with Crippen molar-refractivity contribution in [3.05, 3.63) is 29.8 Å². The normalized spacial score (nSPS) is 19.4. The molecular formula is C19H27N3O3. The average molecular weight is 345 g/mol. The molecule has 1 atom stereocenters. The number of carbonyl (C=O) groups excluding carboxylic acids is 2. The minimum Gasteiger partial charge on any atom is -0.497 e. The second-order valence-electron chi connectivity index (χ2n) is 6.88. The van der Waals surface area contributed by atoms with Crippen LogP contribution in [0.15, 0.2) is 24.3 Å². The molecule has 1 N–H and O–H groups in total. The molecule has 0 spiro atoms. The van der Waals surface area contributed by atoms with Crippen LogP contribution in [0.1, 0.15) is 25.3 Å². The van der Waals surface area contributed by atoms with E-state index in [4.69, 9.17) is 4.74 Å². The second kappa shape index (κ2) is 7.87. The Morgan fingerprint density at radius 3 is 2.60 bits per heavy atom. The van der Waals surface area contributed by atoms with Gasteiger partial charge in [-0.05, 0) is 37.5 Å². The van der Waals surface area contributed by atoms with E-state index >= 15 is 0 Å². The third-order valence-corrected chi connectivity index (χ3v) is 5.08. The lowest BCUT2D eigenvalue weighted by Crippen LogP contribution is -2.55. The predicted molar refractivity (Wildman–Crippen MR) is 95.2 cm³/mol. The summed E-state index contributed by atoms with van der Waals surface area (Å²) in [7, 11) is 1.63. The van der Waals surface area contributed by atoms with E-state index in [0.717, 1.165) is 50.3 Å². The molecule has 136 valence electrons. The van der Waals surface area contributed by atoms with Crippen molar-refractivity contribution < 1.29 is 14.3 Å². The van der Waals surface area contributed by atoms with Crippen molar-refractivity contribution in [3.63, 3.8) is 0 Å². The van der Waals surface area contributed by atoms with E-state index in [0.29, 0.717) is 12.5 Å². The number of piperazine rings is 1. The first-order valence-electron chi connectivity index (χ1n) is 9.02. The molecule has 1 aliphatic heterocycles. The molecule has 0 bridgehead atoms. The van der Waals surface area contributed by atoms with Gasteiger partial charge in [0, 0.05) is 38.6 Å². The average Bonchev–Trinajstić information content (AvgIpc) is 3.50. The van der Waals surface area contributed by atoms with Crippen molar-refractivity contribution in [3.8, 4) is 5.75 Å². The monoisotopic (exact) mass is 345 g/mol. The van der Waals surface area contributed by atoms with E-state index in [1.54, 1.807) is 7.11 Å². The summed E-state index contributed by atoms with van der Waals surface area (Å²) in [5.41, 5.74) is 1.01. The molecule has 6 heteroatoms. The molecule has 1 aromatic carbocycles. The van der Waals surface area contributed by atoms with E-state index in [1.807, 2.05) is 36.1 Å². The van der Waals surface area contributed by atoms with Gasteiger partial charge in [0.15, 0.2) is 0 Å². The summed E-state index contributed by atoms with van der Waals surface area (Å²) >= 11 is 0. The summed E-state index contributed by atoms with van der Waals surface area (Å²) in [5.74, 6) is 1.38. The van der Waals surface area contributed by atoms with Gasteiger partial charge in [-0.1, -0.05) is 12.1 Å². The molecule has 2 fully saturated rings. The minimum atomic E-state index is -0.191. The van der Waals surface area contributed by atoms with Crippen LogP contribution in [0, 0.1) is 5.92 Å². The number of amides is 2. The molecule has 0 aromatic heterocycles. The number of ether oxygens (including phenoxy) is 1. The lowest BCUT2D eigenvalue weighted by Gasteiger charge is -2.37. The molecule has 1 saturated carbocycles. The summed E-state index contributed by atoms with van der Waals surface area (Å²) in [6, 6.07) is 7.50. The van der Waals surface area contributed by atoms with E-state index in [1.165, 1.54) is 0 Å². The van der Waals surface area contributed by atoms with E-state index < -0.39 is 0 Å². The van der Waals surface area contributed by atoms with Crippen LogP contribution in [-0.4, -0.2) is 60.9 Å². The molecule has 3 rings (SSSR count). The Morgan fingerprint density at radius 2 is 1.96 bits per heavy atom. The maximum absolute atomic E-state index is 12.4. The number of nitrogens with zero attached hydrogens (tertiary/aromatic N) is 2. The summed E-state index contributed by atoms with van der Waals surface area (Å²) < 4.78 is 5.20. The van der Waals surface area contributed by atoms with Crippen molar-refractivity contribution >= 4 is 11.8 Å². The molecule has 1 aromatic rings. The third-order valence-electron chi connectivity index (χ3n) is 5.08. The number of nitrogens with one attached hydrogen (secondary N) is 1. The number of methoxy groups -OCH3 is 1. The van der Waals surface area contributed by atoms with Crippen LogP contribution in [0.2, 0.25) is 0 Å². The van der Waals surface area contributed by atoms with Gasteiger partial charge in [0.1, 0.15) is 5.75 Å². The molecule has 2 amide bonds. The first-order valence-corrected chi connectivity index (χ1v) is 9.02. The van der Waals surface area contributed by atoms with Crippen molar-refractivity contribution in [2.45, 2.75) is 32.4 Å². The highest BCUT2D eigenvalue weighted by Gasteiger charge is 2.35. The molecule has 0 radical (unpaired) electrons. The van der Waals surface area contributed by atoms with Gasteiger partial charge in [-0.2, -0.15) is 0 Å². The Morgan fingerprint density at radius 1 is 1.24 bits per heavy atom. The first kappa shape index (κ1) is 17.7. The molecular weight excluding hydrogens is 318 g/mol. The van der Waals surface area contributed by atoms with E-state index in [2.05, 4.69) is 10.2 Å². The van der Waals surface area contributed by atoms with Gasteiger partial charge in [0.25, 0.3) is 0 Å². The zero-order valence-corrected chi connectivity index (χ0v) is 15.0. The number of rotatable bonds is 6. The lowest BCUT2D eigenvalue weighted by molar-refractivity contribution is -0.135. The molecule has 0 unspecified atom stereocenters. The highest BCUT2D eigenvalue weighted by Crippen LogP contribution is 2.31. The number of hydrogen-bond donors (Lipinski definition) is 1. The number of benzene rings is 1. The maximum atomic E-state index is 12.4. The fourth-order valence-electron chi connectivity index (χ4n) is 3.20. The van der Waals surface area contributed by atoms with E-state index in [-0.39, 0.29) is 17.9 Å². The van der Waals surface area contributed by atoms with Gasteiger partial charge in [0.2, 0.25) is 11.8 Å². The Balaban J connectivity index is 1.45. The van der Waals surface area contributed by atoms with Crippen molar-refractivity contribution in [2.24, 2.45) is 5.92 Å². The summed E-state index contributed by atoms with van der Waals surface area (Å²) in [4.78, 5) is 28.6. The topological polar surface area (TPSA) is 61.9 Å². The van der Waals surface area contributed by atoms with Crippen LogP contribution in [0.3, 0.4) is 0 Å². The minimum absolute atomic E-state index is 0.0183. The lowest BCUT2D eigenvalue weighted by atomic mass is 10.2. The summed E-state index contributed by atoms with van der Waals surface area (Å²) in [5, 5.41) is 2.99. The molecule has 6 nitrogen and oxygen atoms in total. The molecule has 2 aliphatic rings. The molecule has 1 saturated heterocycles. The van der Waals surface area contributed by atoms with E-state index in [9.17, 15) is 9.59 Å². The zero-order valence-electron chi connectivity index (χ0n) is 15.0. The van der Waals surface area contributed by atoms with Crippen molar-refractivity contribution in [1.29, 1.82) is 0 Å². The Bertz CT molecular complexity index is 622. The standard InChI is InChI=1S/C19H27N3O3/c1-14(18(23)20-13-15-4-3-5-17(12-15)25-2)21-8-10-22(11-9-21)19(24)16-6-7-16/h3-5,12,14,16H,6-11,13H2,1-2H3,(H,20,23)/t14-/m0/s1. The number of hydrogen-bond acceptors (Lipinski definition) is 4. The van der Waals surface area contributed by atoms with Gasteiger partial charge < -0.3 is 15.0 Å². The number of carbonyl (C=O) groups is 2. The largest absolute Gasteiger partial charge is 0.497 e. The maximum Gasteiger partial charge on any atom is 0.237 e. The fraction of sp³-hybridized carbons (Fsp3) is 0.579. The van der Waals surface area contributed by atoms with Crippen LogP contribution in [-0.2, 0) is 16.1 Å². The van der Waals surface area contributed by atoms with Crippen LogP contribution in [0.5, 0.6) is 5.75 Å². The van der Waals surface area contributed by atoms with Crippen LogP contribution >= 0.6 is 0 Å². The van der Waals surface area contributed by atoms with Gasteiger partial charge in [-0.15, -0.1) is 0 Å². The van der Waals surface area contributed by atoms with Crippen LogP contribution < -0.4 is 10.1 Å².